The minimum absolute atomic E-state index is 0.473. The van der Waals surface area contributed by atoms with Crippen molar-refractivity contribution in [2.45, 2.75) is 19.0 Å². The monoisotopic (exact) mass is 238 g/mol. The molecule has 0 aliphatic carbocycles. The number of halogens is 4. The summed E-state index contributed by atoms with van der Waals surface area (Å²) in [6, 6.07) is 2.27. The molecule has 0 radical (unpaired) electrons. The smallest absolute Gasteiger partial charge is 0.330 e. The van der Waals surface area contributed by atoms with Crippen molar-refractivity contribution in [3.8, 4) is 0 Å². The fourth-order valence-corrected chi connectivity index (χ4v) is 1.38. The molecule has 1 aromatic rings. The van der Waals surface area contributed by atoms with E-state index in [4.69, 9.17) is 17.3 Å². The van der Waals surface area contributed by atoms with Gasteiger partial charge in [-0.2, -0.15) is 13.2 Å². The third-order valence-corrected chi connectivity index (χ3v) is 2.14. The van der Waals surface area contributed by atoms with Gasteiger partial charge in [0.25, 0.3) is 0 Å². The van der Waals surface area contributed by atoms with Gasteiger partial charge in [0.05, 0.1) is 5.56 Å². The van der Waals surface area contributed by atoms with Crippen LogP contribution in [0.5, 0.6) is 0 Å². The largest absolute Gasteiger partial charge is 0.419 e. The van der Waals surface area contributed by atoms with E-state index in [0.29, 0.717) is 25.1 Å². The lowest BCUT2D eigenvalue weighted by Crippen LogP contribution is -2.08. The highest BCUT2D eigenvalue weighted by molar-refractivity contribution is 6.30. The fourth-order valence-electron chi connectivity index (χ4n) is 1.11. The molecule has 0 aliphatic heterocycles. The number of hydrogen-bond donors (Lipinski definition) is 1. The van der Waals surface area contributed by atoms with Crippen LogP contribution in [0.25, 0.3) is 0 Å². The van der Waals surface area contributed by atoms with Gasteiger partial charge in [-0.25, -0.2) is 4.98 Å². The van der Waals surface area contributed by atoms with E-state index in [1.807, 2.05) is 0 Å². The van der Waals surface area contributed by atoms with E-state index >= 15 is 0 Å². The van der Waals surface area contributed by atoms with E-state index in [1.165, 1.54) is 6.07 Å². The van der Waals surface area contributed by atoms with Gasteiger partial charge < -0.3 is 5.73 Å². The molecule has 15 heavy (non-hydrogen) atoms. The quantitative estimate of drug-likeness (QED) is 0.823. The van der Waals surface area contributed by atoms with Crippen LogP contribution in [0.4, 0.5) is 13.2 Å². The van der Waals surface area contributed by atoms with E-state index < -0.39 is 16.9 Å². The minimum atomic E-state index is -4.45. The topological polar surface area (TPSA) is 38.9 Å². The molecular weight excluding hydrogens is 229 g/mol. The normalized spacial score (nSPS) is 11.8. The van der Waals surface area contributed by atoms with Gasteiger partial charge in [-0.1, -0.05) is 11.6 Å². The summed E-state index contributed by atoms with van der Waals surface area (Å²) in [6.45, 7) is 0.473. The van der Waals surface area contributed by atoms with Crippen LogP contribution >= 0.6 is 11.6 Å². The molecule has 2 nitrogen and oxygen atoms in total. The highest BCUT2D eigenvalue weighted by Gasteiger charge is 2.33. The molecule has 0 spiro atoms. The van der Waals surface area contributed by atoms with E-state index in [1.54, 1.807) is 0 Å². The van der Waals surface area contributed by atoms with E-state index in [9.17, 15) is 13.2 Å². The van der Waals surface area contributed by atoms with Crippen LogP contribution in [0.3, 0.4) is 0 Å². The Morgan fingerprint density at radius 2 is 2.00 bits per heavy atom. The molecule has 0 amide bonds. The number of rotatable bonds is 3. The Kier molecular flexibility index (Phi) is 3.93. The fraction of sp³-hybridized carbons (Fsp3) is 0.444. The molecule has 0 bridgehead atoms. The molecule has 84 valence electrons. The van der Waals surface area contributed by atoms with Crippen molar-refractivity contribution in [3.05, 3.63) is 28.5 Å². The van der Waals surface area contributed by atoms with Crippen molar-refractivity contribution in [2.75, 3.05) is 6.54 Å². The molecule has 1 aromatic heterocycles. The Labute approximate surface area is 90.3 Å². The lowest BCUT2D eigenvalue weighted by Gasteiger charge is -2.09. The van der Waals surface area contributed by atoms with Gasteiger partial charge in [0.2, 0.25) is 0 Å². The number of nitrogens with zero attached hydrogens (tertiary/aromatic N) is 1. The molecule has 0 saturated heterocycles. The van der Waals surface area contributed by atoms with Gasteiger partial charge in [0, 0.05) is 5.69 Å². The molecule has 0 fully saturated rings. The highest BCUT2D eigenvalue weighted by atomic mass is 35.5. The maximum absolute atomic E-state index is 12.3. The van der Waals surface area contributed by atoms with Crippen LogP contribution in [0.1, 0.15) is 17.7 Å². The lowest BCUT2D eigenvalue weighted by molar-refractivity contribution is -0.137. The van der Waals surface area contributed by atoms with E-state index in [-0.39, 0.29) is 0 Å². The summed E-state index contributed by atoms with van der Waals surface area (Å²) in [4.78, 5) is 3.67. The van der Waals surface area contributed by atoms with Crippen molar-refractivity contribution in [1.29, 1.82) is 0 Å². The maximum Gasteiger partial charge on any atom is 0.419 e. The average molecular weight is 239 g/mol. The first kappa shape index (κ1) is 12.3. The number of alkyl halides is 3. The molecular formula is C9H10ClF3N2. The van der Waals surface area contributed by atoms with Gasteiger partial charge in [-0.3, -0.25) is 0 Å². The zero-order valence-corrected chi connectivity index (χ0v) is 8.57. The standard InChI is InChI=1S/C9H10ClF3N2/c10-8-7(9(11,12)13)4-3-6(15-8)2-1-5-14/h3-4H,1-2,5,14H2. The van der Waals surface area contributed by atoms with Gasteiger partial charge in [-0.05, 0) is 31.5 Å². The van der Waals surface area contributed by atoms with Gasteiger partial charge >= 0.3 is 6.18 Å². The molecule has 1 rings (SSSR count). The number of hydrogen-bond acceptors (Lipinski definition) is 2. The summed E-state index contributed by atoms with van der Waals surface area (Å²) in [7, 11) is 0. The van der Waals surface area contributed by atoms with Gasteiger partial charge in [-0.15, -0.1) is 0 Å². The SMILES string of the molecule is NCCCc1ccc(C(F)(F)F)c(Cl)n1. The van der Waals surface area contributed by atoms with Crippen molar-refractivity contribution in [3.63, 3.8) is 0 Å². The van der Waals surface area contributed by atoms with E-state index in [0.717, 1.165) is 6.07 Å². The van der Waals surface area contributed by atoms with E-state index in [2.05, 4.69) is 4.98 Å². The van der Waals surface area contributed by atoms with Crippen LogP contribution in [-0.2, 0) is 12.6 Å². The predicted molar refractivity (Wildman–Crippen MR) is 51.6 cm³/mol. The number of aromatic nitrogens is 1. The Hall–Kier alpha value is -0.810. The molecule has 0 unspecified atom stereocenters. The molecule has 0 saturated carbocycles. The summed E-state index contributed by atoms with van der Waals surface area (Å²) in [6.07, 6.45) is -3.24. The highest BCUT2D eigenvalue weighted by Crippen LogP contribution is 2.33. The van der Waals surface area contributed by atoms with Crippen molar-refractivity contribution in [1.82, 2.24) is 4.98 Å². The molecule has 0 atom stereocenters. The zero-order valence-electron chi connectivity index (χ0n) is 7.81. The Bertz CT molecular complexity index is 339. The molecule has 1 heterocycles. The number of aryl methyl sites for hydroxylation is 1. The van der Waals surface area contributed by atoms with Crippen LogP contribution in [0, 0.1) is 0 Å². The van der Waals surface area contributed by atoms with Crippen molar-refractivity contribution in [2.24, 2.45) is 5.73 Å². The summed E-state index contributed by atoms with van der Waals surface area (Å²) >= 11 is 5.43. The Morgan fingerprint density at radius 1 is 1.33 bits per heavy atom. The van der Waals surface area contributed by atoms with Crippen molar-refractivity contribution < 1.29 is 13.2 Å². The van der Waals surface area contributed by atoms with Crippen LogP contribution in [0.2, 0.25) is 5.15 Å². The number of pyridine rings is 1. The van der Waals surface area contributed by atoms with Gasteiger partial charge in [0.15, 0.2) is 0 Å². The van der Waals surface area contributed by atoms with Crippen LogP contribution < -0.4 is 5.73 Å². The lowest BCUT2D eigenvalue weighted by atomic mass is 10.2. The zero-order chi connectivity index (χ0) is 11.5. The van der Waals surface area contributed by atoms with Gasteiger partial charge in [0.1, 0.15) is 5.15 Å². The second-order valence-corrected chi connectivity index (χ2v) is 3.39. The second-order valence-electron chi connectivity index (χ2n) is 3.03. The summed E-state index contributed by atoms with van der Waals surface area (Å²) in [5, 5.41) is -0.503. The third-order valence-electron chi connectivity index (χ3n) is 1.85. The summed E-state index contributed by atoms with van der Waals surface area (Å²) in [5.74, 6) is 0. The first-order valence-corrected chi connectivity index (χ1v) is 4.75. The number of nitrogens with two attached hydrogens (primary N) is 1. The summed E-state index contributed by atoms with van der Waals surface area (Å²) < 4.78 is 36.9. The van der Waals surface area contributed by atoms with Crippen LogP contribution in [0.15, 0.2) is 12.1 Å². The molecule has 2 N–H and O–H groups in total. The first-order valence-electron chi connectivity index (χ1n) is 4.38. The van der Waals surface area contributed by atoms with Crippen LogP contribution in [-0.4, -0.2) is 11.5 Å². The molecule has 0 aliphatic rings. The summed E-state index contributed by atoms with van der Waals surface area (Å²) in [5.41, 5.74) is 4.90. The Morgan fingerprint density at radius 3 is 2.47 bits per heavy atom. The van der Waals surface area contributed by atoms with Crippen molar-refractivity contribution >= 4 is 11.6 Å². The predicted octanol–water partition coefficient (Wildman–Crippen LogP) is 2.65. The minimum Gasteiger partial charge on any atom is -0.330 e. The second kappa shape index (κ2) is 4.81. The Balaban J connectivity index is 2.89. The molecule has 6 heteroatoms. The average Bonchev–Trinajstić information content (AvgIpc) is 2.12. The third kappa shape index (κ3) is 3.35. The molecule has 0 aromatic carbocycles. The first-order chi connectivity index (χ1) is 6.95. The maximum atomic E-state index is 12.3.